The summed E-state index contributed by atoms with van der Waals surface area (Å²) in [6.45, 7) is 0.168. The Morgan fingerprint density at radius 1 is 1.13 bits per heavy atom. The van der Waals surface area contributed by atoms with Crippen LogP contribution in [0.3, 0.4) is 0 Å². The summed E-state index contributed by atoms with van der Waals surface area (Å²) in [4.78, 5) is 28.2. The number of amides is 1. The molecule has 1 aliphatic heterocycles. The number of hydrogen-bond donors (Lipinski definition) is 1. The van der Waals surface area contributed by atoms with Gasteiger partial charge in [-0.05, 0) is 35.2 Å². The van der Waals surface area contributed by atoms with E-state index in [1.54, 1.807) is 55.0 Å². The molecule has 0 radical (unpaired) electrons. The normalized spacial score (nSPS) is 16.3. The first-order valence-electron chi connectivity index (χ1n) is 9.21. The number of nitrogens with zero attached hydrogens (tertiary/aromatic N) is 1. The number of aliphatic hydroxyl groups excluding tert-OH is 1. The summed E-state index contributed by atoms with van der Waals surface area (Å²) in [7, 11) is 1.56. The van der Waals surface area contributed by atoms with Gasteiger partial charge in [0.2, 0.25) is 5.78 Å². The van der Waals surface area contributed by atoms with Crippen molar-refractivity contribution in [1.82, 2.24) is 4.90 Å². The maximum absolute atomic E-state index is 13.2. The Kier molecular flexibility index (Phi) is 5.61. The minimum Gasteiger partial charge on any atom is -0.503 e. The van der Waals surface area contributed by atoms with Crippen molar-refractivity contribution in [2.24, 2.45) is 0 Å². The van der Waals surface area contributed by atoms with E-state index >= 15 is 0 Å². The van der Waals surface area contributed by atoms with Crippen molar-refractivity contribution in [2.45, 2.75) is 12.6 Å². The number of hydrogen-bond acceptors (Lipinski definition) is 5. The van der Waals surface area contributed by atoms with Crippen molar-refractivity contribution in [3.8, 4) is 5.75 Å². The molecule has 0 bridgehead atoms. The smallest absolute Gasteiger partial charge is 0.290 e. The SMILES string of the molecule is COc1ccccc1CN1C(=O)C(O)=C(C(=O)c2cccs2)C1c1ccc(Cl)cc1. The minimum absolute atomic E-state index is 0.0691. The number of thiophene rings is 1. The van der Waals surface area contributed by atoms with E-state index in [4.69, 9.17) is 16.3 Å². The van der Waals surface area contributed by atoms with Crippen LogP contribution in [0.4, 0.5) is 0 Å². The fourth-order valence-corrected chi connectivity index (χ4v) is 4.40. The molecule has 1 aromatic heterocycles. The summed E-state index contributed by atoms with van der Waals surface area (Å²) in [6.07, 6.45) is 0. The molecule has 1 aliphatic rings. The number of methoxy groups -OCH3 is 1. The number of carbonyl (C=O) groups excluding carboxylic acids is 2. The van der Waals surface area contributed by atoms with Crippen LogP contribution in [0, 0.1) is 0 Å². The summed E-state index contributed by atoms with van der Waals surface area (Å²) < 4.78 is 5.41. The number of ether oxygens (including phenoxy) is 1. The standard InChI is InChI=1S/C23H18ClNO4S/c1-29-17-6-3-2-5-15(17)13-25-20(14-8-10-16(24)11-9-14)19(22(27)23(25)28)21(26)18-7-4-12-30-18/h2-12,20,27H,13H2,1H3. The van der Waals surface area contributed by atoms with Crippen LogP contribution in [0.5, 0.6) is 5.75 Å². The van der Waals surface area contributed by atoms with Gasteiger partial charge in [-0.1, -0.05) is 48.0 Å². The summed E-state index contributed by atoms with van der Waals surface area (Å²) in [5, 5.41) is 13.0. The first-order chi connectivity index (χ1) is 14.5. The lowest BCUT2D eigenvalue weighted by molar-refractivity contribution is -0.130. The molecular formula is C23H18ClNO4S. The van der Waals surface area contributed by atoms with Gasteiger partial charge in [0.05, 0.1) is 30.1 Å². The van der Waals surface area contributed by atoms with E-state index in [1.807, 2.05) is 18.2 Å². The van der Waals surface area contributed by atoms with Crippen LogP contribution in [0.15, 0.2) is 77.4 Å². The molecule has 0 saturated carbocycles. The zero-order valence-electron chi connectivity index (χ0n) is 16.0. The number of benzene rings is 2. The maximum atomic E-state index is 13.2. The molecule has 3 aromatic rings. The number of para-hydroxylation sites is 1. The molecule has 1 unspecified atom stereocenters. The van der Waals surface area contributed by atoms with Crippen LogP contribution < -0.4 is 4.74 Å². The molecule has 4 rings (SSSR count). The van der Waals surface area contributed by atoms with Crippen molar-refractivity contribution >= 4 is 34.6 Å². The van der Waals surface area contributed by atoms with Crippen molar-refractivity contribution in [3.05, 3.63) is 98.4 Å². The summed E-state index contributed by atoms with van der Waals surface area (Å²) in [5.74, 6) is -0.861. The molecule has 2 heterocycles. The quantitative estimate of drug-likeness (QED) is 0.537. The Balaban J connectivity index is 1.80. The zero-order valence-corrected chi connectivity index (χ0v) is 17.6. The van der Waals surface area contributed by atoms with Gasteiger partial charge in [0, 0.05) is 10.6 Å². The second-order valence-corrected chi connectivity index (χ2v) is 8.15. The molecule has 2 aromatic carbocycles. The lowest BCUT2D eigenvalue weighted by Crippen LogP contribution is -2.30. The molecule has 7 heteroatoms. The van der Waals surface area contributed by atoms with E-state index in [0.717, 1.165) is 5.56 Å². The highest BCUT2D eigenvalue weighted by molar-refractivity contribution is 7.12. The molecule has 30 heavy (non-hydrogen) atoms. The number of carbonyl (C=O) groups is 2. The van der Waals surface area contributed by atoms with Crippen molar-refractivity contribution < 1.29 is 19.4 Å². The van der Waals surface area contributed by atoms with Gasteiger partial charge in [0.25, 0.3) is 5.91 Å². The number of ketones is 1. The Labute approximate surface area is 182 Å². The topological polar surface area (TPSA) is 66.8 Å². The second kappa shape index (κ2) is 8.34. The van der Waals surface area contributed by atoms with E-state index in [2.05, 4.69) is 0 Å². The summed E-state index contributed by atoms with van der Waals surface area (Å²) in [5.41, 5.74) is 1.52. The monoisotopic (exact) mass is 439 g/mol. The molecule has 5 nitrogen and oxygen atoms in total. The van der Waals surface area contributed by atoms with Crippen LogP contribution in [0.25, 0.3) is 0 Å². The first kappa shape index (κ1) is 20.2. The highest BCUT2D eigenvalue weighted by atomic mass is 35.5. The number of aliphatic hydroxyl groups is 1. The minimum atomic E-state index is -0.741. The molecule has 1 atom stereocenters. The highest BCUT2D eigenvalue weighted by Gasteiger charge is 2.44. The average Bonchev–Trinajstić information content (AvgIpc) is 3.38. The summed E-state index contributed by atoms with van der Waals surface area (Å²) >= 11 is 7.30. The Bertz CT molecular complexity index is 1120. The molecule has 0 spiro atoms. The van der Waals surface area contributed by atoms with Crippen LogP contribution in [-0.4, -0.2) is 28.8 Å². The molecule has 152 valence electrons. The molecule has 0 saturated heterocycles. The summed E-state index contributed by atoms with van der Waals surface area (Å²) in [6, 6.07) is 17.0. The van der Waals surface area contributed by atoms with E-state index in [9.17, 15) is 14.7 Å². The molecule has 0 fully saturated rings. The van der Waals surface area contributed by atoms with Gasteiger partial charge >= 0.3 is 0 Å². The number of halogens is 1. The molecular weight excluding hydrogens is 422 g/mol. The Morgan fingerprint density at radius 2 is 1.87 bits per heavy atom. The number of Topliss-reactive ketones (excluding diaryl/α,β-unsaturated/α-hetero) is 1. The predicted octanol–water partition coefficient (Wildman–Crippen LogP) is 5.19. The van der Waals surface area contributed by atoms with Crippen molar-refractivity contribution in [2.75, 3.05) is 7.11 Å². The lowest BCUT2D eigenvalue weighted by atomic mass is 9.95. The van der Waals surface area contributed by atoms with Crippen LogP contribution in [-0.2, 0) is 11.3 Å². The van der Waals surface area contributed by atoms with E-state index in [-0.39, 0.29) is 17.9 Å². The third-order valence-electron chi connectivity index (χ3n) is 5.01. The van der Waals surface area contributed by atoms with Gasteiger partial charge in [0.15, 0.2) is 5.76 Å². The fourth-order valence-electron chi connectivity index (χ4n) is 3.60. The van der Waals surface area contributed by atoms with Crippen LogP contribution in [0.2, 0.25) is 5.02 Å². The predicted molar refractivity (Wildman–Crippen MR) is 116 cm³/mol. The van der Waals surface area contributed by atoms with E-state index < -0.39 is 17.7 Å². The highest BCUT2D eigenvalue weighted by Crippen LogP contribution is 2.41. The van der Waals surface area contributed by atoms with Gasteiger partial charge in [-0.2, -0.15) is 0 Å². The van der Waals surface area contributed by atoms with Gasteiger partial charge in [-0.25, -0.2) is 0 Å². The van der Waals surface area contributed by atoms with Crippen LogP contribution in [0.1, 0.15) is 26.8 Å². The van der Waals surface area contributed by atoms with Crippen LogP contribution >= 0.6 is 22.9 Å². The molecule has 0 aliphatic carbocycles. The third-order valence-corrected chi connectivity index (χ3v) is 6.13. The number of rotatable bonds is 6. The Hall–Kier alpha value is -3.09. The van der Waals surface area contributed by atoms with Crippen molar-refractivity contribution in [1.29, 1.82) is 0 Å². The van der Waals surface area contributed by atoms with Gasteiger partial charge in [-0.3, -0.25) is 9.59 Å². The average molecular weight is 440 g/mol. The van der Waals surface area contributed by atoms with Crippen molar-refractivity contribution in [3.63, 3.8) is 0 Å². The lowest BCUT2D eigenvalue weighted by Gasteiger charge is -2.27. The van der Waals surface area contributed by atoms with Gasteiger partial charge in [-0.15, -0.1) is 11.3 Å². The molecule has 1 amide bonds. The zero-order chi connectivity index (χ0) is 21.3. The fraction of sp³-hybridized carbons (Fsp3) is 0.130. The van der Waals surface area contributed by atoms with E-state index in [0.29, 0.717) is 21.2 Å². The van der Waals surface area contributed by atoms with Gasteiger partial charge < -0.3 is 14.7 Å². The first-order valence-corrected chi connectivity index (χ1v) is 10.5. The Morgan fingerprint density at radius 3 is 2.53 bits per heavy atom. The largest absolute Gasteiger partial charge is 0.503 e. The molecule has 1 N–H and O–H groups in total. The van der Waals surface area contributed by atoms with E-state index in [1.165, 1.54) is 16.2 Å². The maximum Gasteiger partial charge on any atom is 0.290 e. The third kappa shape index (κ3) is 3.60. The van der Waals surface area contributed by atoms with Gasteiger partial charge in [0.1, 0.15) is 5.75 Å². The second-order valence-electron chi connectivity index (χ2n) is 6.77.